The van der Waals surface area contributed by atoms with Crippen LogP contribution >= 0.6 is 0 Å². The zero-order chi connectivity index (χ0) is 12.8. The Balaban J connectivity index is 3.07. The number of pyridine rings is 1. The van der Waals surface area contributed by atoms with Crippen LogP contribution in [0.5, 0.6) is 0 Å². The molecule has 0 atom stereocenters. The van der Waals surface area contributed by atoms with Crippen molar-refractivity contribution in [3.63, 3.8) is 0 Å². The third kappa shape index (κ3) is 3.17. The molecule has 0 aliphatic rings. The monoisotopic (exact) mass is 235 g/mol. The summed E-state index contributed by atoms with van der Waals surface area (Å²) < 4.78 is 0. The van der Waals surface area contributed by atoms with Gasteiger partial charge in [-0.3, -0.25) is 10.1 Å². The largest absolute Gasteiger partial charge is 0.478 e. The lowest BCUT2D eigenvalue weighted by atomic mass is 10.2. The third-order valence-corrected chi connectivity index (χ3v) is 1.83. The van der Waals surface area contributed by atoms with Gasteiger partial charge in [0, 0.05) is 12.3 Å². The molecule has 1 rings (SSSR count). The molecule has 0 fully saturated rings. The Labute approximate surface area is 96.6 Å². The van der Waals surface area contributed by atoms with Crippen LogP contribution in [-0.4, -0.2) is 27.5 Å². The van der Waals surface area contributed by atoms with Crippen molar-refractivity contribution in [1.82, 2.24) is 4.98 Å². The lowest BCUT2D eigenvalue weighted by Gasteiger charge is -2.03. The van der Waals surface area contributed by atoms with Crippen molar-refractivity contribution >= 4 is 17.5 Å². The van der Waals surface area contributed by atoms with E-state index in [9.17, 15) is 14.9 Å². The van der Waals surface area contributed by atoms with Gasteiger partial charge in [-0.15, -0.1) is 5.92 Å². The van der Waals surface area contributed by atoms with Crippen molar-refractivity contribution in [1.29, 1.82) is 0 Å². The van der Waals surface area contributed by atoms with E-state index < -0.39 is 10.9 Å². The first-order chi connectivity index (χ1) is 8.06. The van der Waals surface area contributed by atoms with Crippen LogP contribution in [0.3, 0.4) is 0 Å². The highest BCUT2D eigenvalue weighted by Gasteiger charge is 2.18. The average Bonchev–Trinajstić information content (AvgIpc) is 2.29. The summed E-state index contributed by atoms with van der Waals surface area (Å²) in [6.07, 6.45) is 1.05. The maximum atomic E-state index is 10.7. The van der Waals surface area contributed by atoms with Gasteiger partial charge in [-0.05, 0) is 6.92 Å². The highest BCUT2D eigenvalue weighted by Crippen LogP contribution is 2.22. The second-order valence-corrected chi connectivity index (χ2v) is 2.93. The Hall–Kier alpha value is -2.62. The van der Waals surface area contributed by atoms with Crippen LogP contribution < -0.4 is 5.32 Å². The van der Waals surface area contributed by atoms with E-state index in [1.807, 2.05) is 0 Å². The van der Waals surface area contributed by atoms with Gasteiger partial charge in [0.1, 0.15) is 0 Å². The lowest BCUT2D eigenvalue weighted by Crippen LogP contribution is -2.07. The van der Waals surface area contributed by atoms with Crippen LogP contribution in [0.25, 0.3) is 0 Å². The summed E-state index contributed by atoms with van der Waals surface area (Å²) in [5.41, 5.74) is -0.619. The summed E-state index contributed by atoms with van der Waals surface area (Å²) in [7, 11) is 0. The zero-order valence-electron chi connectivity index (χ0n) is 8.93. The van der Waals surface area contributed by atoms with Crippen molar-refractivity contribution in [2.45, 2.75) is 6.92 Å². The van der Waals surface area contributed by atoms with Crippen LogP contribution in [0.15, 0.2) is 12.3 Å². The predicted octanol–water partition coefficient (Wildman–Crippen LogP) is 1.12. The molecular weight excluding hydrogens is 226 g/mol. The molecule has 17 heavy (non-hydrogen) atoms. The van der Waals surface area contributed by atoms with E-state index in [4.69, 9.17) is 5.11 Å². The van der Waals surface area contributed by atoms with Gasteiger partial charge in [-0.2, -0.15) is 0 Å². The maximum absolute atomic E-state index is 10.7. The average molecular weight is 235 g/mol. The number of nitro groups is 1. The Morgan fingerprint density at radius 3 is 2.94 bits per heavy atom. The summed E-state index contributed by atoms with van der Waals surface area (Å²) >= 11 is 0. The van der Waals surface area contributed by atoms with Gasteiger partial charge in [-0.1, -0.05) is 5.92 Å². The third-order valence-electron chi connectivity index (χ3n) is 1.83. The molecule has 0 aliphatic carbocycles. The molecule has 1 aromatic rings. The molecule has 7 heteroatoms. The molecule has 0 unspecified atom stereocenters. The van der Waals surface area contributed by atoms with Gasteiger partial charge in [0.05, 0.1) is 17.0 Å². The van der Waals surface area contributed by atoms with E-state index in [2.05, 4.69) is 22.1 Å². The molecule has 88 valence electrons. The minimum Gasteiger partial charge on any atom is -0.478 e. The SMILES string of the molecule is CC#CCNc1ncc(C(=O)O)cc1[N+](=O)[O-]. The van der Waals surface area contributed by atoms with Crippen LogP contribution in [0.2, 0.25) is 0 Å². The highest BCUT2D eigenvalue weighted by molar-refractivity contribution is 5.88. The lowest BCUT2D eigenvalue weighted by molar-refractivity contribution is -0.384. The second-order valence-electron chi connectivity index (χ2n) is 2.93. The van der Waals surface area contributed by atoms with E-state index in [0.717, 1.165) is 12.3 Å². The molecular formula is C10H9N3O4. The van der Waals surface area contributed by atoms with Crippen LogP contribution in [0.4, 0.5) is 11.5 Å². The normalized spacial score (nSPS) is 9.00. The van der Waals surface area contributed by atoms with Crippen molar-refractivity contribution in [3.05, 3.63) is 27.9 Å². The predicted molar refractivity (Wildman–Crippen MR) is 59.8 cm³/mol. The van der Waals surface area contributed by atoms with Gasteiger partial charge in [0.25, 0.3) is 0 Å². The summed E-state index contributed by atoms with van der Waals surface area (Å²) in [6, 6.07) is 0.955. The first-order valence-corrected chi connectivity index (χ1v) is 4.57. The Morgan fingerprint density at radius 2 is 2.41 bits per heavy atom. The fourth-order valence-electron chi connectivity index (χ4n) is 1.06. The van der Waals surface area contributed by atoms with Gasteiger partial charge in [-0.25, -0.2) is 9.78 Å². The minimum absolute atomic E-state index is 0.00255. The van der Waals surface area contributed by atoms with Gasteiger partial charge in [0.15, 0.2) is 0 Å². The number of aromatic carboxylic acids is 1. The number of carbonyl (C=O) groups is 1. The Bertz CT molecular complexity index is 516. The van der Waals surface area contributed by atoms with Crippen molar-refractivity contribution < 1.29 is 14.8 Å². The summed E-state index contributed by atoms with van der Waals surface area (Å²) in [4.78, 5) is 24.4. The molecule has 0 spiro atoms. The first-order valence-electron chi connectivity index (χ1n) is 4.57. The van der Waals surface area contributed by atoms with E-state index in [-0.39, 0.29) is 23.6 Å². The van der Waals surface area contributed by atoms with Crippen LogP contribution in [0, 0.1) is 22.0 Å². The summed E-state index contributed by atoms with van der Waals surface area (Å²) in [6.45, 7) is 1.84. The van der Waals surface area contributed by atoms with E-state index >= 15 is 0 Å². The van der Waals surface area contributed by atoms with Gasteiger partial charge < -0.3 is 10.4 Å². The Morgan fingerprint density at radius 1 is 1.71 bits per heavy atom. The fraction of sp³-hybridized carbons (Fsp3) is 0.200. The second kappa shape index (κ2) is 5.46. The number of rotatable bonds is 4. The number of hydrogen-bond donors (Lipinski definition) is 2. The quantitative estimate of drug-likeness (QED) is 0.460. The molecule has 1 aromatic heterocycles. The standard InChI is InChI=1S/C10H9N3O4/c1-2-3-4-11-9-8(13(16)17)5-7(6-12-9)10(14)15/h5-6H,4H2,1H3,(H,11,12)(H,14,15). The van der Waals surface area contributed by atoms with Crippen molar-refractivity contribution in [3.8, 4) is 11.8 Å². The van der Waals surface area contributed by atoms with E-state index in [1.54, 1.807) is 6.92 Å². The van der Waals surface area contributed by atoms with Crippen LogP contribution in [0.1, 0.15) is 17.3 Å². The van der Waals surface area contributed by atoms with Crippen molar-refractivity contribution in [2.75, 3.05) is 11.9 Å². The number of carboxylic acid groups (broad SMARTS) is 1. The molecule has 0 amide bonds. The molecule has 7 nitrogen and oxygen atoms in total. The van der Waals surface area contributed by atoms with E-state index in [1.165, 1.54) is 0 Å². The molecule has 1 heterocycles. The van der Waals surface area contributed by atoms with E-state index in [0.29, 0.717) is 0 Å². The first kappa shape index (κ1) is 12.4. The number of carboxylic acids is 1. The molecule has 0 radical (unpaired) electrons. The molecule has 0 bridgehead atoms. The van der Waals surface area contributed by atoms with Gasteiger partial charge >= 0.3 is 11.7 Å². The molecule has 2 N–H and O–H groups in total. The fourth-order valence-corrected chi connectivity index (χ4v) is 1.06. The molecule has 0 saturated heterocycles. The number of hydrogen-bond acceptors (Lipinski definition) is 5. The summed E-state index contributed by atoms with van der Waals surface area (Å²) in [5, 5.41) is 22.1. The topological polar surface area (TPSA) is 105 Å². The van der Waals surface area contributed by atoms with Crippen LogP contribution in [-0.2, 0) is 0 Å². The smallest absolute Gasteiger partial charge is 0.337 e. The number of anilines is 1. The zero-order valence-corrected chi connectivity index (χ0v) is 8.93. The summed E-state index contributed by atoms with van der Waals surface area (Å²) in [5.74, 6) is 4.01. The maximum Gasteiger partial charge on any atom is 0.337 e. The highest BCUT2D eigenvalue weighted by atomic mass is 16.6. The molecule has 0 aliphatic heterocycles. The van der Waals surface area contributed by atoms with Gasteiger partial charge in [0.2, 0.25) is 5.82 Å². The molecule has 0 saturated carbocycles. The minimum atomic E-state index is -1.26. The molecule has 0 aromatic carbocycles. The van der Waals surface area contributed by atoms with Crippen molar-refractivity contribution in [2.24, 2.45) is 0 Å². The number of aromatic nitrogens is 1. The Kier molecular flexibility index (Phi) is 4.00. The number of nitrogens with zero attached hydrogens (tertiary/aromatic N) is 2. The number of nitrogens with one attached hydrogen (secondary N) is 1.